The molecule has 5 heteroatoms. The van der Waals surface area contributed by atoms with Crippen LogP contribution in [0.4, 0.5) is 0 Å². The van der Waals surface area contributed by atoms with Crippen molar-refractivity contribution >= 4 is 29.9 Å². The molecule has 3 N–H and O–H groups in total. The quantitative estimate of drug-likeness (QED) is 0.322. The highest BCUT2D eigenvalue weighted by molar-refractivity contribution is 14.0. The molecule has 2 aromatic carbocycles. The maximum atomic E-state index is 10.8. The fraction of sp³-hybridized carbons (Fsp3) is 0.409. The van der Waals surface area contributed by atoms with Gasteiger partial charge in [-0.15, -0.1) is 24.0 Å². The molecule has 1 atom stereocenters. The van der Waals surface area contributed by atoms with Crippen LogP contribution in [0.1, 0.15) is 37.8 Å². The Morgan fingerprint density at radius 3 is 2.19 bits per heavy atom. The van der Waals surface area contributed by atoms with E-state index in [1.807, 2.05) is 37.3 Å². The zero-order valence-electron chi connectivity index (χ0n) is 16.1. The van der Waals surface area contributed by atoms with E-state index >= 15 is 0 Å². The van der Waals surface area contributed by atoms with Crippen LogP contribution in [-0.2, 0) is 11.0 Å². The molecule has 0 heterocycles. The number of hydrogen-bond donors (Lipinski definition) is 3. The predicted octanol–water partition coefficient (Wildman–Crippen LogP) is 3.80. The molecule has 0 spiro atoms. The number of halogens is 1. The van der Waals surface area contributed by atoms with Crippen LogP contribution in [-0.4, -0.2) is 30.7 Å². The van der Waals surface area contributed by atoms with Crippen LogP contribution >= 0.6 is 24.0 Å². The van der Waals surface area contributed by atoms with Crippen LogP contribution in [0.5, 0.6) is 0 Å². The molecule has 1 fully saturated rings. The first-order valence-corrected chi connectivity index (χ1v) is 9.41. The number of hydrogen-bond acceptors (Lipinski definition) is 2. The average molecular weight is 479 g/mol. The third-order valence-electron chi connectivity index (χ3n) is 5.12. The third kappa shape index (κ3) is 5.69. The Bertz CT molecular complexity index is 728. The van der Waals surface area contributed by atoms with Crippen molar-refractivity contribution in [3.63, 3.8) is 0 Å². The molecular weight excluding hydrogens is 449 g/mol. The lowest BCUT2D eigenvalue weighted by Gasteiger charge is -2.23. The van der Waals surface area contributed by atoms with Gasteiger partial charge in [-0.05, 0) is 37.8 Å². The molecule has 4 nitrogen and oxygen atoms in total. The lowest BCUT2D eigenvalue weighted by atomic mass is 9.96. The minimum Gasteiger partial charge on any atom is -0.384 e. The summed E-state index contributed by atoms with van der Waals surface area (Å²) in [7, 11) is 0. The zero-order chi connectivity index (χ0) is 18.5. The van der Waals surface area contributed by atoms with Crippen LogP contribution in [0, 0.1) is 0 Å². The largest absolute Gasteiger partial charge is 0.384 e. The van der Waals surface area contributed by atoms with Gasteiger partial charge in [-0.1, -0.05) is 60.7 Å². The Hall–Kier alpha value is -1.60. The monoisotopic (exact) mass is 479 g/mol. The normalized spacial score (nSPS) is 17.4. The fourth-order valence-electron chi connectivity index (χ4n) is 3.23. The van der Waals surface area contributed by atoms with Crippen LogP contribution < -0.4 is 10.6 Å². The van der Waals surface area contributed by atoms with Gasteiger partial charge in [0.2, 0.25) is 0 Å². The minimum atomic E-state index is -0.986. The van der Waals surface area contributed by atoms with Crippen molar-refractivity contribution in [3.8, 4) is 0 Å². The SMILES string of the molecule is CCNC(=NCC(C)(O)c1ccccc1)NCC1(c2ccccc2)CC1.I. The molecule has 146 valence electrons. The number of aliphatic imine (C=N–C) groups is 1. The summed E-state index contributed by atoms with van der Waals surface area (Å²) in [5.41, 5.74) is 1.50. The Balaban J connectivity index is 0.00000261. The van der Waals surface area contributed by atoms with Crippen LogP contribution in [0.3, 0.4) is 0 Å². The number of nitrogens with zero attached hydrogens (tertiary/aromatic N) is 1. The number of nitrogens with one attached hydrogen (secondary N) is 2. The second-order valence-electron chi connectivity index (χ2n) is 7.33. The molecule has 0 aliphatic heterocycles. The number of guanidine groups is 1. The van der Waals surface area contributed by atoms with Crippen LogP contribution in [0.2, 0.25) is 0 Å². The van der Waals surface area contributed by atoms with Gasteiger partial charge in [0.25, 0.3) is 0 Å². The van der Waals surface area contributed by atoms with Gasteiger partial charge in [0.05, 0.1) is 6.54 Å². The smallest absolute Gasteiger partial charge is 0.191 e. The van der Waals surface area contributed by atoms with E-state index in [2.05, 4.69) is 52.9 Å². The molecule has 0 aromatic heterocycles. The van der Waals surface area contributed by atoms with Gasteiger partial charge in [-0.2, -0.15) is 0 Å². The summed E-state index contributed by atoms with van der Waals surface area (Å²) in [5, 5.41) is 17.5. The van der Waals surface area contributed by atoms with E-state index < -0.39 is 5.60 Å². The molecule has 1 saturated carbocycles. The molecule has 3 rings (SSSR count). The molecule has 0 amide bonds. The van der Waals surface area contributed by atoms with E-state index in [1.165, 1.54) is 18.4 Å². The topological polar surface area (TPSA) is 56.7 Å². The molecule has 1 unspecified atom stereocenters. The highest BCUT2D eigenvalue weighted by Crippen LogP contribution is 2.47. The number of aliphatic hydroxyl groups is 1. The zero-order valence-corrected chi connectivity index (χ0v) is 18.4. The predicted molar refractivity (Wildman–Crippen MR) is 123 cm³/mol. The van der Waals surface area contributed by atoms with Crippen molar-refractivity contribution < 1.29 is 5.11 Å². The first-order chi connectivity index (χ1) is 12.6. The van der Waals surface area contributed by atoms with Crippen LogP contribution in [0.15, 0.2) is 65.7 Å². The van der Waals surface area contributed by atoms with E-state index in [0.29, 0.717) is 6.54 Å². The standard InChI is InChI=1S/C22H29N3O.HI/c1-3-23-20(24-16-21(2,26)18-10-6-4-7-11-18)25-17-22(14-15-22)19-12-8-5-9-13-19;/h4-13,26H,3,14-17H2,1-2H3,(H2,23,24,25);1H. The molecule has 1 aliphatic rings. The van der Waals surface area contributed by atoms with E-state index in [0.717, 1.165) is 24.6 Å². The maximum Gasteiger partial charge on any atom is 0.191 e. The van der Waals surface area contributed by atoms with Crippen LogP contribution in [0.25, 0.3) is 0 Å². The minimum absolute atomic E-state index is 0. The van der Waals surface area contributed by atoms with E-state index in [4.69, 9.17) is 0 Å². The van der Waals surface area contributed by atoms with Crippen molar-refractivity contribution in [1.82, 2.24) is 10.6 Å². The maximum absolute atomic E-state index is 10.8. The molecule has 1 aliphatic carbocycles. The van der Waals surface area contributed by atoms with Crippen molar-refractivity contribution in [2.75, 3.05) is 19.6 Å². The highest BCUT2D eigenvalue weighted by Gasteiger charge is 2.44. The van der Waals surface area contributed by atoms with Gasteiger partial charge in [0.15, 0.2) is 5.96 Å². The fourth-order valence-corrected chi connectivity index (χ4v) is 3.23. The Morgan fingerprint density at radius 1 is 1.04 bits per heavy atom. The van der Waals surface area contributed by atoms with Gasteiger partial charge in [0.1, 0.15) is 5.60 Å². The van der Waals surface area contributed by atoms with Crippen molar-refractivity contribution in [2.24, 2.45) is 4.99 Å². The average Bonchev–Trinajstić information content (AvgIpc) is 3.47. The molecule has 2 aromatic rings. The first kappa shape index (κ1) is 21.7. The lowest BCUT2D eigenvalue weighted by molar-refractivity contribution is 0.0672. The summed E-state index contributed by atoms with van der Waals surface area (Å²) < 4.78 is 0. The van der Waals surface area contributed by atoms with Crippen molar-refractivity contribution in [2.45, 2.75) is 37.7 Å². The molecule has 0 bridgehead atoms. The number of rotatable bonds is 7. The van der Waals surface area contributed by atoms with Gasteiger partial charge >= 0.3 is 0 Å². The van der Waals surface area contributed by atoms with Gasteiger partial charge in [-0.25, -0.2) is 4.99 Å². The summed E-state index contributed by atoms with van der Waals surface area (Å²) in [4.78, 5) is 4.63. The summed E-state index contributed by atoms with van der Waals surface area (Å²) >= 11 is 0. The third-order valence-corrected chi connectivity index (χ3v) is 5.12. The van der Waals surface area contributed by atoms with E-state index in [1.54, 1.807) is 0 Å². The van der Waals surface area contributed by atoms with Gasteiger partial charge in [0, 0.05) is 18.5 Å². The molecule has 27 heavy (non-hydrogen) atoms. The summed E-state index contributed by atoms with van der Waals surface area (Å²) in [5.74, 6) is 0.755. The summed E-state index contributed by atoms with van der Waals surface area (Å²) in [6.07, 6.45) is 2.40. The lowest BCUT2D eigenvalue weighted by Crippen LogP contribution is -2.42. The summed E-state index contributed by atoms with van der Waals surface area (Å²) in [6, 6.07) is 20.4. The van der Waals surface area contributed by atoms with E-state index in [9.17, 15) is 5.11 Å². The van der Waals surface area contributed by atoms with Crippen molar-refractivity contribution in [3.05, 3.63) is 71.8 Å². The van der Waals surface area contributed by atoms with E-state index in [-0.39, 0.29) is 29.4 Å². The Labute approximate surface area is 179 Å². The Morgan fingerprint density at radius 2 is 1.63 bits per heavy atom. The second kappa shape index (κ2) is 9.55. The molecular formula is C22H30IN3O. The Kier molecular flexibility index (Phi) is 7.68. The molecule has 0 saturated heterocycles. The summed E-state index contributed by atoms with van der Waals surface area (Å²) in [6.45, 7) is 5.82. The van der Waals surface area contributed by atoms with Crippen molar-refractivity contribution in [1.29, 1.82) is 0 Å². The van der Waals surface area contributed by atoms with Gasteiger partial charge < -0.3 is 15.7 Å². The molecule has 0 radical (unpaired) electrons. The highest BCUT2D eigenvalue weighted by atomic mass is 127. The van der Waals surface area contributed by atoms with Gasteiger partial charge in [-0.3, -0.25) is 0 Å². The number of benzene rings is 2. The second-order valence-corrected chi connectivity index (χ2v) is 7.33. The first-order valence-electron chi connectivity index (χ1n) is 9.41.